The highest BCUT2D eigenvalue weighted by molar-refractivity contribution is 5.71. The maximum absolute atomic E-state index is 12.9. The average molecular weight is 1130 g/mol. The van der Waals surface area contributed by atoms with Gasteiger partial charge in [-0.25, -0.2) is 0 Å². The Hall–Kier alpha value is -3.41. The van der Waals surface area contributed by atoms with Crippen LogP contribution in [0.2, 0.25) is 0 Å². The highest BCUT2D eigenvalue weighted by Crippen LogP contribution is 2.18. The van der Waals surface area contributed by atoms with Crippen molar-refractivity contribution >= 4 is 17.9 Å². The lowest BCUT2D eigenvalue weighted by molar-refractivity contribution is -0.167. The first-order valence-electron chi connectivity index (χ1n) is 35.1. The molecule has 0 saturated carbocycles. The van der Waals surface area contributed by atoms with Crippen LogP contribution in [0.25, 0.3) is 0 Å². The number of unbranched alkanes of at least 4 members (excludes halogenated alkanes) is 39. The van der Waals surface area contributed by atoms with Gasteiger partial charge < -0.3 is 14.2 Å². The van der Waals surface area contributed by atoms with Crippen LogP contribution in [0, 0.1) is 0 Å². The van der Waals surface area contributed by atoms with Crippen LogP contribution >= 0.6 is 0 Å². The fraction of sp³-hybridized carbons (Fsp3) is 0.773. The van der Waals surface area contributed by atoms with Gasteiger partial charge in [0.05, 0.1) is 0 Å². The second-order valence-corrected chi connectivity index (χ2v) is 23.4. The van der Waals surface area contributed by atoms with Crippen molar-refractivity contribution in [1.29, 1.82) is 0 Å². The van der Waals surface area contributed by atoms with E-state index in [0.29, 0.717) is 19.3 Å². The number of hydrogen-bond donors (Lipinski definition) is 0. The zero-order valence-electron chi connectivity index (χ0n) is 53.8. The molecule has 0 aliphatic carbocycles. The van der Waals surface area contributed by atoms with Crippen LogP contribution in [0.5, 0.6) is 0 Å². The van der Waals surface area contributed by atoms with Crippen LogP contribution in [-0.2, 0) is 28.6 Å². The smallest absolute Gasteiger partial charge is 0.306 e. The third-order valence-electron chi connectivity index (χ3n) is 15.4. The summed E-state index contributed by atoms with van der Waals surface area (Å²) in [4.78, 5) is 38.4. The monoisotopic (exact) mass is 1130 g/mol. The minimum atomic E-state index is -0.794. The summed E-state index contributed by atoms with van der Waals surface area (Å²) in [5.41, 5.74) is 0. The fourth-order valence-electron chi connectivity index (χ4n) is 10.2. The molecule has 0 saturated heterocycles. The number of hydrogen-bond acceptors (Lipinski definition) is 6. The maximum Gasteiger partial charge on any atom is 0.306 e. The number of ether oxygens (including phenoxy) is 3. The number of rotatable bonds is 64. The zero-order valence-corrected chi connectivity index (χ0v) is 53.8. The SMILES string of the molecule is CC/C=C\C/C=C\C/C=C\C/C=C\CCCCCCCCCCC(=O)OC(COC(=O)CCCCC/C=C\C/C=C\C/C=C\CC)COC(=O)CCCCCCCCCCCCCCCCCCCCCCCCCCCCCCC. The van der Waals surface area contributed by atoms with Crippen molar-refractivity contribution in [3.63, 3.8) is 0 Å². The summed E-state index contributed by atoms with van der Waals surface area (Å²) in [6, 6.07) is 0. The second-order valence-electron chi connectivity index (χ2n) is 23.4. The molecule has 0 aromatic rings. The average Bonchev–Trinajstić information content (AvgIpc) is 3.46. The van der Waals surface area contributed by atoms with Gasteiger partial charge >= 0.3 is 17.9 Å². The van der Waals surface area contributed by atoms with Gasteiger partial charge in [-0.3, -0.25) is 14.4 Å². The van der Waals surface area contributed by atoms with Gasteiger partial charge in [0, 0.05) is 19.3 Å². The first-order valence-corrected chi connectivity index (χ1v) is 35.1. The predicted octanol–water partition coefficient (Wildman–Crippen LogP) is 24.2. The van der Waals surface area contributed by atoms with Crippen LogP contribution in [0.1, 0.15) is 355 Å². The van der Waals surface area contributed by atoms with Crippen molar-refractivity contribution in [2.24, 2.45) is 0 Å². The van der Waals surface area contributed by atoms with E-state index in [2.05, 4.69) is 106 Å². The van der Waals surface area contributed by atoms with E-state index < -0.39 is 6.10 Å². The Kier molecular flexibility index (Phi) is 66.2. The molecule has 468 valence electrons. The van der Waals surface area contributed by atoms with E-state index >= 15 is 0 Å². The first-order chi connectivity index (χ1) is 40.0. The van der Waals surface area contributed by atoms with E-state index in [4.69, 9.17) is 14.2 Å². The van der Waals surface area contributed by atoms with E-state index in [1.165, 1.54) is 199 Å². The molecule has 81 heavy (non-hydrogen) atoms. The fourth-order valence-corrected chi connectivity index (χ4v) is 10.2. The molecule has 6 heteroatoms. The van der Waals surface area contributed by atoms with Gasteiger partial charge in [-0.1, -0.05) is 331 Å². The molecule has 0 heterocycles. The number of carbonyl (C=O) groups is 3. The van der Waals surface area contributed by atoms with E-state index in [0.717, 1.165) is 116 Å². The Labute approximate surface area is 503 Å². The molecule has 0 N–H and O–H groups in total. The Bertz CT molecular complexity index is 1530. The molecule has 0 spiro atoms. The van der Waals surface area contributed by atoms with Crippen molar-refractivity contribution in [3.8, 4) is 0 Å². The van der Waals surface area contributed by atoms with Crippen molar-refractivity contribution in [2.75, 3.05) is 13.2 Å². The van der Waals surface area contributed by atoms with Crippen molar-refractivity contribution < 1.29 is 28.6 Å². The molecule has 0 aromatic carbocycles. The van der Waals surface area contributed by atoms with E-state index in [1.54, 1.807) is 0 Å². The molecule has 0 aromatic heterocycles. The first kappa shape index (κ1) is 77.6. The van der Waals surface area contributed by atoms with Gasteiger partial charge in [0.15, 0.2) is 6.10 Å². The Morgan fingerprint density at radius 3 is 0.765 bits per heavy atom. The Morgan fingerprint density at radius 1 is 0.259 bits per heavy atom. The van der Waals surface area contributed by atoms with Gasteiger partial charge in [0.2, 0.25) is 0 Å². The molecule has 0 amide bonds. The van der Waals surface area contributed by atoms with Gasteiger partial charge in [-0.15, -0.1) is 0 Å². The van der Waals surface area contributed by atoms with E-state index in [1.807, 2.05) is 0 Å². The number of allylic oxidation sites excluding steroid dienone is 14. The lowest BCUT2D eigenvalue weighted by atomic mass is 10.0. The molecule has 0 aliphatic rings. The summed E-state index contributed by atoms with van der Waals surface area (Å²) in [5.74, 6) is -0.909. The summed E-state index contributed by atoms with van der Waals surface area (Å²) in [5, 5.41) is 0. The molecule has 1 atom stereocenters. The molecule has 6 nitrogen and oxygen atoms in total. The molecular weight excluding hydrogens is 997 g/mol. The highest BCUT2D eigenvalue weighted by Gasteiger charge is 2.19. The largest absolute Gasteiger partial charge is 0.462 e. The Balaban J connectivity index is 4.23. The molecular formula is C75H132O6. The van der Waals surface area contributed by atoms with E-state index in [-0.39, 0.29) is 31.1 Å². The molecule has 0 fully saturated rings. The summed E-state index contributed by atoms with van der Waals surface area (Å²) in [7, 11) is 0. The van der Waals surface area contributed by atoms with Crippen molar-refractivity contribution in [2.45, 2.75) is 361 Å². The number of esters is 3. The van der Waals surface area contributed by atoms with Gasteiger partial charge in [0.1, 0.15) is 13.2 Å². The van der Waals surface area contributed by atoms with Gasteiger partial charge in [-0.05, 0) is 89.9 Å². The van der Waals surface area contributed by atoms with Crippen LogP contribution in [0.4, 0.5) is 0 Å². The third kappa shape index (κ3) is 67.3. The standard InChI is InChI=1S/C75H132O6/c1-4-7-10-13-16-19-22-25-27-29-31-33-34-35-36-37-38-39-40-42-43-45-47-50-53-56-59-62-65-68-74(77)80-71-72(70-79-73(76)67-64-61-58-55-52-49-24-21-18-15-12-9-6-3)81-75(78)69-66-63-60-57-54-51-48-46-44-41-32-30-28-26-23-20-17-14-11-8-5-2/h8-9,11-12,17-18,20-21,26,28,32,41,49,52,72H,4-7,10,13-16,19,22-25,27,29-31,33-40,42-48,50-51,53-71H2,1-3H3/b11-8-,12-9-,20-17-,21-18-,28-26-,41-32-,52-49-. The topological polar surface area (TPSA) is 78.9 Å². The Morgan fingerprint density at radius 2 is 0.481 bits per heavy atom. The summed E-state index contributed by atoms with van der Waals surface area (Å²) in [6.07, 6.45) is 92.0. The second kappa shape index (κ2) is 69.1. The van der Waals surface area contributed by atoms with Gasteiger partial charge in [-0.2, -0.15) is 0 Å². The summed E-state index contributed by atoms with van der Waals surface area (Å²) >= 11 is 0. The van der Waals surface area contributed by atoms with Crippen LogP contribution in [-0.4, -0.2) is 37.2 Å². The quantitative estimate of drug-likeness (QED) is 0.0261. The van der Waals surface area contributed by atoms with Gasteiger partial charge in [0.25, 0.3) is 0 Å². The number of carbonyl (C=O) groups excluding carboxylic acids is 3. The summed E-state index contributed by atoms with van der Waals surface area (Å²) < 4.78 is 16.9. The predicted molar refractivity (Wildman–Crippen MR) is 353 cm³/mol. The summed E-state index contributed by atoms with van der Waals surface area (Å²) in [6.45, 7) is 6.43. The van der Waals surface area contributed by atoms with E-state index in [9.17, 15) is 14.4 Å². The minimum absolute atomic E-state index is 0.0866. The van der Waals surface area contributed by atoms with Crippen LogP contribution in [0.3, 0.4) is 0 Å². The lowest BCUT2D eigenvalue weighted by Crippen LogP contribution is -2.30. The molecule has 0 bridgehead atoms. The third-order valence-corrected chi connectivity index (χ3v) is 15.4. The highest BCUT2D eigenvalue weighted by atomic mass is 16.6. The molecule has 0 radical (unpaired) electrons. The van der Waals surface area contributed by atoms with Crippen molar-refractivity contribution in [3.05, 3.63) is 85.1 Å². The zero-order chi connectivity index (χ0) is 58.5. The van der Waals surface area contributed by atoms with Crippen LogP contribution in [0.15, 0.2) is 85.1 Å². The van der Waals surface area contributed by atoms with Crippen molar-refractivity contribution in [1.82, 2.24) is 0 Å². The normalized spacial score (nSPS) is 12.6. The molecule has 0 aliphatic heterocycles. The molecule has 0 rings (SSSR count). The maximum atomic E-state index is 12.9. The minimum Gasteiger partial charge on any atom is -0.462 e. The lowest BCUT2D eigenvalue weighted by Gasteiger charge is -2.18. The van der Waals surface area contributed by atoms with Crippen LogP contribution < -0.4 is 0 Å². The molecule has 1 unspecified atom stereocenters.